The fourth-order valence-corrected chi connectivity index (χ4v) is 1.79. The zero-order chi connectivity index (χ0) is 14.0. The minimum Gasteiger partial charge on any atom is -0.314 e. The molecule has 0 aliphatic carbocycles. The molecule has 0 saturated carbocycles. The van der Waals surface area contributed by atoms with Crippen molar-refractivity contribution in [3.63, 3.8) is 0 Å². The van der Waals surface area contributed by atoms with Crippen LogP contribution in [0.5, 0.6) is 0 Å². The van der Waals surface area contributed by atoms with Gasteiger partial charge in [0.25, 0.3) is 0 Å². The van der Waals surface area contributed by atoms with Gasteiger partial charge in [-0.3, -0.25) is 0 Å². The number of hydrogen-bond donors (Lipinski definition) is 0. The summed E-state index contributed by atoms with van der Waals surface area (Å²) in [4.78, 5) is 0. The predicted octanol–water partition coefficient (Wildman–Crippen LogP) is 3.51. The maximum atomic E-state index is 14.0. The first-order valence-electron chi connectivity index (χ1n) is 5.69. The van der Waals surface area contributed by atoms with Crippen LogP contribution in [0, 0.1) is 5.82 Å². The largest absolute Gasteiger partial charge is 0.419 e. The van der Waals surface area contributed by atoms with Crippen LogP contribution in [-0.4, -0.2) is 14.8 Å². The number of rotatable bonds is 3. The van der Waals surface area contributed by atoms with Crippen LogP contribution < -0.4 is 0 Å². The van der Waals surface area contributed by atoms with Crippen molar-refractivity contribution in [2.45, 2.75) is 26.1 Å². The molecule has 0 bridgehead atoms. The SMILES string of the molecule is CCCn1cnnc1-c1cccc(C(F)(F)F)c1F. The van der Waals surface area contributed by atoms with Gasteiger partial charge in [0.05, 0.1) is 11.1 Å². The molecule has 1 heterocycles. The number of hydrogen-bond acceptors (Lipinski definition) is 2. The second-order valence-electron chi connectivity index (χ2n) is 4.01. The van der Waals surface area contributed by atoms with Crippen molar-refractivity contribution < 1.29 is 17.6 Å². The zero-order valence-electron chi connectivity index (χ0n) is 10.1. The van der Waals surface area contributed by atoms with E-state index >= 15 is 0 Å². The molecule has 1 aromatic heterocycles. The second-order valence-corrected chi connectivity index (χ2v) is 4.01. The van der Waals surface area contributed by atoms with Gasteiger partial charge >= 0.3 is 6.18 Å². The molecule has 0 atom stereocenters. The average Bonchev–Trinajstić information content (AvgIpc) is 2.76. The van der Waals surface area contributed by atoms with Gasteiger partial charge in [-0.15, -0.1) is 10.2 Å². The van der Waals surface area contributed by atoms with E-state index < -0.39 is 17.6 Å². The van der Waals surface area contributed by atoms with E-state index in [0.29, 0.717) is 12.6 Å². The summed E-state index contributed by atoms with van der Waals surface area (Å²) in [7, 11) is 0. The lowest BCUT2D eigenvalue weighted by atomic mass is 10.1. The van der Waals surface area contributed by atoms with E-state index in [1.165, 1.54) is 17.0 Å². The molecule has 0 saturated heterocycles. The first kappa shape index (κ1) is 13.5. The Kier molecular flexibility index (Phi) is 3.55. The van der Waals surface area contributed by atoms with Gasteiger partial charge in [0.2, 0.25) is 0 Å². The van der Waals surface area contributed by atoms with Crippen LogP contribution in [0.4, 0.5) is 17.6 Å². The molecule has 7 heteroatoms. The molecule has 0 aliphatic rings. The molecule has 0 fully saturated rings. The van der Waals surface area contributed by atoms with Crippen LogP contribution in [0.25, 0.3) is 11.4 Å². The minimum absolute atomic E-state index is 0.102. The number of halogens is 4. The van der Waals surface area contributed by atoms with Gasteiger partial charge in [-0.2, -0.15) is 13.2 Å². The molecule has 102 valence electrons. The van der Waals surface area contributed by atoms with Crippen LogP contribution in [0.15, 0.2) is 24.5 Å². The molecular formula is C12H11F4N3. The molecule has 0 N–H and O–H groups in total. The van der Waals surface area contributed by atoms with Crippen molar-refractivity contribution in [1.29, 1.82) is 0 Å². The van der Waals surface area contributed by atoms with Crippen LogP contribution >= 0.6 is 0 Å². The van der Waals surface area contributed by atoms with Crippen molar-refractivity contribution in [2.24, 2.45) is 0 Å². The summed E-state index contributed by atoms with van der Waals surface area (Å²) < 4.78 is 53.4. The lowest BCUT2D eigenvalue weighted by molar-refractivity contribution is -0.139. The summed E-state index contributed by atoms with van der Waals surface area (Å²) in [6.45, 7) is 2.41. The summed E-state index contributed by atoms with van der Waals surface area (Å²) in [6, 6.07) is 3.13. The maximum absolute atomic E-state index is 14.0. The van der Waals surface area contributed by atoms with Crippen molar-refractivity contribution >= 4 is 0 Å². The lowest BCUT2D eigenvalue weighted by Gasteiger charge is -2.11. The van der Waals surface area contributed by atoms with Gasteiger partial charge in [0.1, 0.15) is 12.1 Å². The van der Waals surface area contributed by atoms with Crippen LogP contribution in [-0.2, 0) is 12.7 Å². The second kappa shape index (κ2) is 4.99. The van der Waals surface area contributed by atoms with Crippen molar-refractivity contribution in [3.8, 4) is 11.4 Å². The summed E-state index contributed by atoms with van der Waals surface area (Å²) in [6.07, 6.45) is -2.61. The molecule has 2 rings (SSSR count). The van der Waals surface area contributed by atoms with Gasteiger partial charge < -0.3 is 4.57 Å². The maximum Gasteiger partial charge on any atom is 0.419 e. The van der Waals surface area contributed by atoms with Crippen molar-refractivity contribution in [2.75, 3.05) is 0 Å². The van der Waals surface area contributed by atoms with E-state index in [0.717, 1.165) is 12.5 Å². The molecule has 0 radical (unpaired) electrons. The molecule has 19 heavy (non-hydrogen) atoms. The van der Waals surface area contributed by atoms with Gasteiger partial charge in [0, 0.05) is 6.54 Å². The smallest absolute Gasteiger partial charge is 0.314 e. The number of nitrogens with zero attached hydrogens (tertiary/aromatic N) is 3. The van der Waals surface area contributed by atoms with Crippen molar-refractivity contribution in [3.05, 3.63) is 35.9 Å². The van der Waals surface area contributed by atoms with Crippen LogP contribution in [0.2, 0.25) is 0 Å². The Labute approximate surface area is 106 Å². The first-order valence-corrected chi connectivity index (χ1v) is 5.69. The highest BCUT2D eigenvalue weighted by Crippen LogP contribution is 2.34. The van der Waals surface area contributed by atoms with Gasteiger partial charge in [-0.05, 0) is 18.6 Å². The number of aryl methyl sites for hydroxylation is 1. The van der Waals surface area contributed by atoms with Gasteiger partial charge in [-0.25, -0.2) is 4.39 Å². The van der Waals surface area contributed by atoms with E-state index in [1.807, 2.05) is 6.92 Å². The summed E-state index contributed by atoms with van der Waals surface area (Å²) in [5.41, 5.74) is -1.49. The monoisotopic (exact) mass is 273 g/mol. The minimum atomic E-state index is -4.73. The molecule has 0 unspecified atom stereocenters. The highest BCUT2D eigenvalue weighted by Gasteiger charge is 2.35. The fourth-order valence-electron chi connectivity index (χ4n) is 1.79. The Morgan fingerprint density at radius 1 is 1.26 bits per heavy atom. The van der Waals surface area contributed by atoms with Crippen molar-refractivity contribution in [1.82, 2.24) is 14.8 Å². The Bertz CT molecular complexity index is 575. The molecule has 0 amide bonds. The lowest BCUT2D eigenvalue weighted by Crippen LogP contribution is -2.10. The fraction of sp³-hybridized carbons (Fsp3) is 0.333. The summed E-state index contributed by atoms with van der Waals surface area (Å²) in [5, 5.41) is 7.31. The molecule has 1 aromatic carbocycles. The van der Waals surface area contributed by atoms with E-state index in [2.05, 4.69) is 10.2 Å². The van der Waals surface area contributed by atoms with E-state index in [1.54, 1.807) is 0 Å². The molecule has 2 aromatic rings. The highest BCUT2D eigenvalue weighted by molar-refractivity contribution is 5.57. The number of alkyl halides is 3. The molecule has 3 nitrogen and oxygen atoms in total. The molecule has 0 aliphatic heterocycles. The third kappa shape index (κ3) is 2.59. The van der Waals surface area contributed by atoms with Crippen LogP contribution in [0.1, 0.15) is 18.9 Å². The third-order valence-corrected chi connectivity index (χ3v) is 2.63. The highest BCUT2D eigenvalue weighted by atomic mass is 19.4. The Morgan fingerprint density at radius 3 is 2.63 bits per heavy atom. The quantitative estimate of drug-likeness (QED) is 0.801. The molecule has 0 spiro atoms. The normalized spacial score (nSPS) is 11.8. The number of aromatic nitrogens is 3. The predicted molar refractivity (Wildman–Crippen MR) is 60.7 cm³/mol. The Morgan fingerprint density at radius 2 is 2.00 bits per heavy atom. The third-order valence-electron chi connectivity index (χ3n) is 2.63. The van der Waals surface area contributed by atoms with E-state index in [9.17, 15) is 17.6 Å². The standard InChI is InChI=1S/C12H11F4N3/c1-2-6-19-7-17-18-11(19)8-4-3-5-9(10(8)13)12(14,15)16/h3-5,7H,2,6H2,1H3. The Hall–Kier alpha value is -1.92. The summed E-state index contributed by atoms with van der Waals surface area (Å²) in [5.74, 6) is -1.22. The molecular weight excluding hydrogens is 262 g/mol. The van der Waals surface area contributed by atoms with Gasteiger partial charge in [-0.1, -0.05) is 13.0 Å². The van der Waals surface area contributed by atoms with Gasteiger partial charge in [0.15, 0.2) is 5.82 Å². The average molecular weight is 273 g/mol. The van der Waals surface area contributed by atoms with Crippen LogP contribution in [0.3, 0.4) is 0 Å². The van der Waals surface area contributed by atoms with E-state index in [-0.39, 0.29) is 11.4 Å². The summed E-state index contributed by atoms with van der Waals surface area (Å²) >= 11 is 0. The first-order chi connectivity index (χ1) is 8.95. The Balaban J connectivity index is 2.54. The topological polar surface area (TPSA) is 30.7 Å². The van der Waals surface area contributed by atoms with E-state index in [4.69, 9.17) is 0 Å². The number of benzene rings is 1. The zero-order valence-corrected chi connectivity index (χ0v) is 10.1.